The van der Waals surface area contributed by atoms with Crippen LogP contribution in [0.3, 0.4) is 0 Å². The molecule has 0 bridgehead atoms. The molecule has 2 amide bonds. The number of benzene rings is 1. The van der Waals surface area contributed by atoms with Crippen molar-refractivity contribution in [3.63, 3.8) is 0 Å². The van der Waals surface area contributed by atoms with Gasteiger partial charge in [0.15, 0.2) is 0 Å². The van der Waals surface area contributed by atoms with E-state index in [1.165, 1.54) is 17.9 Å². The minimum atomic E-state index is 0.0495. The lowest BCUT2D eigenvalue weighted by Crippen LogP contribution is -2.43. The summed E-state index contributed by atoms with van der Waals surface area (Å²) >= 11 is 2.05. The van der Waals surface area contributed by atoms with Crippen molar-refractivity contribution in [1.82, 2.24) is 15.1 Å². The third-order valence-electron chi connectivity index (χ3n) is 4.84. The molecule has 2 heterocycles. The zero-order valence-corrected chi connectivity index (χ0v) is 15.2. The Morgan fingerprint density at radius 3 is 2.79 bits per heavy atom. The molecule has 1 aromatic rings. The highest BCUT2D eigenvalue weighted by Gasteiger charge is 2.26. The monoisotopic (exact) mass is 349 g/mol. The Morgan fingerprint density at radius 1 is 1.25 bits per heavy atom. The highest BCUT2D eigenvalue weighted by molar-refractivity contribution is 7.99. The second kappa shape index (κ2) is 8.62. The first kappa shape index (κ1) is 17.4. The molecule has 1 unspecified atom stereocenters. The SMILES string of the molecule is COc1ccc(CNC(=O)N2CCCN(C3CCSC3)CC2)cc1. The zero-order chi connectivity index (χ0) is 16.8. The van der Waals surface area contributed by atoms with E-state index in [4.69, 9.17) is 4.74 Å². The molecule has 24 heavy (non-hydrogen) atoms. The fourth-order valence-electron chi connectivity index (χ4n) is 3.35. The normalized spacial score (nSPS) is 22.2. The van der Waals surface area contributed by atoms with E-state index >= 15 is 0 Å². The number of rotatable bonds is 4. The van der Waals surface area contributed by atoms with Crippen LogP contribution in [0, 0.1) is 0 Å². The Bertz CT molecular complexity index is 532. The fraction of sp³-hybridized carbons (Fsp3) is 0.611. The van der Waals surface area contributed by atoms with Gasteiger partial charge in [-0.3, -0.25) is 4.90 Å². The van der Waals surface area contributed by atoms with Gasteiger partial charge in [0.2, 0.25) is 0 Å². The van der Waals surface area contributed by atoms with Gasteiger partial charge in [0.25, 0.3) is 0 Å². The summed E-state index contributed by atoms with van der Waals surface area (Å²) in [6.45, 7) is 4.36. The summed E-state index contributed by atoms with van der Waals surface area (Å²) in [5.41, 5.74) is 1.09. The van der Waals surface area contributed by atoms with Crippen molar-refractivity contribution in [2.24, 2.45) is 0 Å². The van der Waals surface area contributed by atoms with Crippen molar-refractivity contribution >= 4 is 17.8 Å². The van der Waals surface area contributed by atoms with Crippen LogP contribution in [-0.2, 0) is 6.54 Å². The summed E-state index contributed by atoms with van der Waals surface area (Å²) in [7, 11) is 1.66. The van der Waals surface area contributed by atoms with E-state index in [9.17, 15) is 4.79 Å². The van der Waals surface area contributed by atoms with Gasteiger partial charge >= 0.3 is 6.03 Å². The number of nitrogens with zero attached hydrogens (tertiary/aromatic N) is 2. The third-order valence-corrected chi connectivity index (χ3v) is 5.99. The van der Waals surface area contributed by atoms with E-state index in [0.29, 0.717) is 6.54 Å². The zero-order valence-electron chi connectivity index (χ0n) is 14.4. The Labute approximate surface area is 148 Å². The number of carbonyl (C=O) groups excluding carboxylic acids is 1. The Hall–Kier alpha value is -1.40. The largest absolute Gasteiger partial charge is 0.497 e. The van der Waals surface area contributed by atoms with E-state index in [1.54, 1.807) is 7.11 Å². The van der Waals surface area contributed by atoms with Crippen LogP contribution in [0.2, 0.25) is 0 Å². The number of amides is 2. The summed E-state index contributed by atoms with van der Waals surface area (Å²) in [4.78, 5) is 17.0. The number of methoxy groups -OCH3 is 1. The molecule has 2 saturated heterocycles. The van der Waals surface area contributed by atoms with Crippen LogP contribution >= 0.6 is 11.8 Å². The summed E-state index contributed by atoms with van der Waals surface area (Å²) < 4.78 is 5.15. The van der Waals surface area contributed by atoms with Gasteiger partial charge < -0.3 is 15.0 Å². The number of thioether (sulfide) groups is 1. The quantitative estimate of drug-likeness (QED) is 0.907. The fourth-order valence-corrected chi connectivity index (χ4v) is 4.60. The summed E-state index contributed by atoms with van der Waals surface area (Å²) in [5, 5.41) is 3.04. The van der Waals surface area contributed by atoms with Gasteiger partial charge in [-0.25, -0.2) is 4.79 Å². The number of urea groups is 1. The number of ether oxygens (including phenoxy) is 1. The summed E-state index contributed by atoms with van der Waals surface area (Å²) in [6.07, 6.45) is 2.37. The van der Waals surface area contributed by atoms with Crippen molar-refractivity contribution in [3.8, 4) is 5.75 Å². The summed E-state index contributed by atoms with van der Waals surface area (Å²) in [5.74, 6) is 3.37. The van der Waals surface area contributed by atoms with Crippen molar-refractivity contribution in [2.75, 3.05) is 44.8 Å². The number of nitrogens with one attached hydrogen (secondary N) is 1. The molecule has 3 rings (SSSR count). The maximum atomic E-state index is 12.4. The average Bonchev–Trinajstić information content (AvgIpc) is 3.04. The van der Waals surface area contributed by atoms with Crippen molar-refractivity contribution < 1.29 is 9.53 Å². The Balaban J connectivity index is 1.46. The van der Waals surface area contributed by atoms with Crippen LogP contribution in [0.25, 0.3) is 0 Å². The van der Waals surface area contributed by atoms with Gasteiger partial charge in [0.1, 0.15) is 5.75 Å². The first-order valence-electron chi connectivity index (χ1n) is 8.74. The lowest BCUT2D eigenvalue weighted by atomic mass is 10.2. The summed E-state index contributed by atoms with van der Waals surface area (Å²) in [6, 6.07) is 8.59. The molecule has 0 radical (unpaired) electrons. The highest BCUT2D eigenvalue weighted by atomic mass is 32.2. The molecule has 0 aromatic heterocycles. The van der Waals surface area contributed by atoms with E-state index in [0.717, 1.165) is 50.0 Å². The Morgan fingerprint density at radius 2 is 2.08 bits per heavy atom. The first-order chi connectivity index (χ1) is 11.8. The number of hydrogen-bond donors (Lipinski definition) is 1. The lowest BCUT2D eigenvalue weighted by molar-refractivity contribution is 0.191. The minimum Gasteiger partial charge on any atom is -0.497 e. The maximum absolute atomic E-state index is 12.4. The molecule has 2 aliphatic rings. The van der Waals surface area contributed by atoms with Crippen LogP contribution in [0.1, 0.15) is 18.4 Å². The molecule has 2 aliphatic heterocycles. The van der Waals surface area contributed by atoms with Crippen LogP contribution in [-0.4, -0.2) is 66.7 Å². The van der Waals surface area contributed by atoms with Gasteiger partial charge in [-0.15, -0.1) is 0 Å². The van der Waals surface area contributed by atoms with E-state index in [1.807, 2.05) is 29.2 Å². The predicted octanol–water partition coefficient (Wildman–Crippen LogP) is 2.42. The topological polar surface area (TPSA) is 44.8 Å². The van der Waals surface area contributed by atoms with Crippen LogP contribution in [0.5, 0.6) is 5.75 Å². The molecule has 1 atom stereocenters. The molecule has 0 saturated carbocycles. The van der Waals surface area contributed by atoms with Gasteiger partial charge in [0, 0.05) is 44.5 Å². The van der Waals surface area contributed by atoms with Crippen molar-refractivity contribution in [1.29, 1.82) is 0 Å². The highest BCUT2D eigenvalue weighted by Crippen LogP contribution is 2.23. The second-order valence-electron chi connectivity index (χ2n) is 6.40. The molecule has 6 heteroatoms. The minimum absolute atomic E-state index is 0.0495. The molecule has 1 aromatic carbocycles. The van der Waals surface area contributed by atoms with Gasteiger partial charge in [-0.1, -0.05) is 12.1 Å². The van der Waals surface area contributed by atoms with Crippen molar-refractivity contribution in [2.45, 2.75) is 25.4 Å². The van der Waals surface area contributed by atoms with E-state index in [-0.39, 0.29) is 6.03 Å². The van der Waals surface area contributed by atoms with Gasteiger partial charge in [0.05, 0.1) is 7.11 Å². The molecule has 5 nitrogen and oxygen atoms in total. The molecule has 0 spiro atoms. The second-order valence-corrected chi connectivity index (χ2v) is 7.55. The smallest absolute Gasteiger partial charge is 0.317 e. The molecule has 1 N–H and O–H groups in total. The van der Waals surface area contributed by atoms with E-state index in [2.05, 4.69) is 22.0 Å². The van der Waals surface area contributed by atoms with Crippen molar-refractivity contribution in [3.05, 3.63) is 29.8 Å². The van der Waals surface area contributed by atoms with Gasteiger partial charge in [-0.2, -0.15) is 11.8 Å². The Kier molecular flexibility index (Phi) is 6.26. The molecular formula is C18H27N3O2S. The van der Waals surface area contributed by atoms with E-state index < -0.39 is 0 Å². The number of hydrogen-bond acceptors (Lipinski definition) is 4. The third kappa shape index (κ3) is 4.57. The molecular weight excluding hydrogens is 322 g/mol. The average molecular weight is 350 g/mol. The maximum Gasteiger partial charge on any atom is 0.317 e. The molecule has 2 fully saturated rings. The van der Waals surface area contributed by atoms with Crippen LogP contribution in [0.4, 0.5) is 4.79 Å². The molecule has 0 aliphatic carbocycles. The first-order valence-corrected chi connectivity index (χ1v) is 9.89. The van der Waals surface area contributed by atoms with Crippen LogP contribution < -0.4 is 10.1 Å². The number of carbonyl (C=O) groups is 1. The van der Waals surface area contributed by atoms with Gasteiger partial charge in [-0.05, 0) is 36.3 Å². The standard InChI is InChI=1S/C18H27N3O2S/c1-23-17-5-3-15(4-6-17)13-19-18(22)21-9-2-8-20(10-11-21)16-7-12-24-14-16/h3-6,16H,2,7-14H2,1H3,(H,19,22). The van der Waals surface area contributed by atoms with Crippen LogP contribution in [0.15, 0.2) is 24.3 Å². The molecule has 132 valence electrons. The lowest BCUT2D eigenvalue weighted by Gasteiger charge is -2.26. The predicted molar refractivity (Wildman–Crippen MR) is 98.7 cm³/mol.